The van der Waals surface area contributed by atoms with Crippen molar-refractivity contribution in [1.82, 2.24) is 5.32 Å². The van der Waals surface area contributed by atoms with Crippen molar-refractivity contribution in [3.05, 3.63) is 55.1 Å². The molecule has 2 amide bonds. The van der Waals surface area contributed by atoms with E-state index in [-0.39, 0.29) is 11.8 Å². The molecule has 1 aromatic rings. The summed E-state index contributed by atoms with van der Waals surface area (Å²) in [5, 5.41) is 5.64. The van der Waals surface area contributed by atoms with Gasteiger partial charge in [-0.05, 0) is 44.4 Å². The molecule has 0 bridgehead atoms. The molecule has 0 heterocycles. The fraction of sp³-hybridized carbons (Fsp3) is 0.429. The largest absolute Gasteiger partial charge is 0.368 e. The number of hydrogen-bond donors (Lipinski definition) is 2. The fourth-order valence-electron chi connectivity index (χ4n) is 2.14. The molecule has 148 valence electrons. The van der Waals surface area contributed by atoms with Gasteiger partial charge in [0.25, 0.3) is 5.91 Å². The third-order valence-corrected chi connectivity index (χ3v) is 3.78. The van der Waals surface area contributed by atoms with Crippen LogP contribution < -0.4 is 10.6 Å². The molecule has 0 aromatic heterocycles. The van der Waals surface area contributed by atoms with Crippen LogP contribution in [0.15, 0.2) is 49.6 Å². The van der Waals surface area contributed by atoms with Crippen LogP contribution >= 0.6 is 0 Å². The number of amides is 2. The Labute approximate surface area is 161 Å². The summed E-state index contributed by atoms with van der Waals surface area (Å²) in [5.74, 6) is -0.401. The third-order valence-electron chi connectivity index (χ3n) is 3.78. The van der Waals surface area contributed by atoms with Gasteiger partial charge in [0.1, 0.15) is 12.2 Å². The van der Waals surface area contributed by atoms with Crippen molar-refractivity contribution in [3.63, 3.8) is 0 Å². The second kappa shape index (κ2) is 12.8. The van der Waals surface area contributed by atoms with Crippen LogP contribution in [0.5, 0.6) is 0 Å². The zero-order valence-corrected chi connectivity index (χ0v) is 16.2. The van der Waals surface area contributed by atoms with E-state index in [1.165, 1.54) is 0 Å². The highest BCUT2D eigenvalue weighted by molar-refractivity contribution is 5.94. The van der Waals surface area contributed by atoms with E-state index in [1.807, 2.05) is 18.2 Å². The quantitative estimate of drug-likeness (QED) is 0.411. The molecule has 6 heteroatoms. The van der Waals surface area contributed by atoms with E-state index < -0.39 is 12.2 Å². The second-order valence-electron chi connectivity index (χ2n) is 6.09. The van der Waals surface area contributed by atoms with Crippen molar-refractivity contribution in [2.24, 2.45) is 0 Å². The Kier molecular flexibility index (Phi) is 10.7. The number of benzene rings is 1. The van der Waals surface area contributed by atoms with Gasteiger partial charge >= 0.3 is 0 Å². The predicted molar refractivity (Wildman–Crippen MR) is 107 cm³/mol. The summed E-state index contributed by atoms with van der Waals surface area (Å²) < 4.78 is 10.8. The molecule has 1 aromatic carbocycles. The summed E-state index contributed by atoms with van der Waals surface area (Å²) in [4.78, 5) is 24.2. The number of nitrogens with one attached hydrogen (secondary N) is 2. The summed E-state index contributed by atoms with van der Waals surface area (Å²) in [6, 6.07) is 7.31. The van der Waals surface area contributed by atoms with Gasteiger partial charge < -0.3 is 20.1 Å². The minimum atomic E-state index is -0.554. The molecule has 0 radical (unpaired) electrons. The Morgan fingerprint density at radius 2 is 1.63 bits per heavy atom. The molecule has 0 aliphatic rings. The summed E-state index contributed by atoms with van der Waals surface area (Å²) >= 11 is 0. The lowest BCUT2D eigenvalue weighted by Crippen LogP contribution is -2.34. The third kappa shape index (κ3) is 9.17. The first kappa shape index (κ1) is 22.6. The average molecular weight is 374 g/mol. The molecular weight excluding hydrogens is 344 g/mol. The van der Waals surface area contributed by atoms with E-state index in [4.69, 9.17) is 9.47 Å². The number of rotatable bonds is 13. The first-order chi connectivity index (χ1) is 13.0. The van der Waals surface area contributed by atoms with Gasteiger partial charge in [0, 0.05) is 12.2 Å². The maximum atomic E-state index is 12.1. The summed E-state index contributed by atoms with van der Waals surface area (Å²) in [6.45, 7) is 11.9. The lowest BCUT2D eigenvalue weighted by atomic mass is 10.2. The Morgan fingerprint density at radius 1 is 1.04 bits per heavy atom. The lowest BCUT2D eigenvalue weighted by Gasteiger charge is -2.15. The Balaban J connectivity index is 2.48. The van der Waals surface area contributed by atoms with Gasteiger partial charge in [0.2, 0.25) is 5.91 Å². The Bertz CT molecular complexity index is 630. The molecule has 0 saturated carbocycles. The number of hydrogen-bond acceptors (Lipinski definition) is 4. The van der Waals surface area contributed by atoms with Crippen LogP contribution in [0.25, 0.3) is 0 Å². The number of ether oxygens (including phenoxy) is 2. The summed E-state index contributed by atoms with van der Waals surface area (Å²) in [7, 11) is 0. The fourth-order valence-corrected chi connectivity index (χ4v) is 2.14. The van der Waals surface area contributed by atoms with Gasteiger partial charge in [-0.3, -0.25) is 9.59 Å². The molecule has 2 N–H and O–H groups in total. The summed E-state index contributed by atoms with van der Waals surface area (Å²) in [6.07, 6.45) is 3.81. The molecule has 2 unspecified atom stereocenters. The minimum Gasteiger partial charge on any atom is -0.368 e. The van der Waals surface area contributed by atoms with Crippen molar-refractivity contribution < 1.29 is 19.1 Å². The molecule has 1 rings (SSSR count). The molecule has 27 heavy (non-hydrogen) atoms. The SMILES string of the molecule is C=CCCOC(C)C(=O)NCc1cccc(NC(=O)C(C)OCCC=C)c1. The van der Waals surface area contributed by atoms with E-state index in [2.05, 4.69) is 23.8 Å². The van der Waals surface area contributed by atoms with Crippen molar-refractivity contribution in [1.29, 1.82) is 0 Å². The van der Waals surface area contributed by atoms with E-state index in [1.54, 1.807) is 32.1 Å². The van der Waals surface area contributed by atoms with Gasteiger partial charge in [-0.15, -0.1) is 13.2 Å². The average Bonchev–Trinajstić information content (AvgIpc) is 2.66. The van der Waals surface area contributed by atoms with Gasteiger partial charge in [0.15, 0.2) is 0 Å². The van der Waals surface area contributed by atoms with Crippen LogP contribution in [0.4, 0.5) is 5.69 Å². The highest BCUT2D eigenvalue weighted by atomic mass is 16.5. The molecular formula is C21H30N2O4. The molecule has 2 atom stereocenters. The van der Waals surface area contributed by atoms with Crippen molar-refractivity contribution >= 4 is 17.5 Å². The topological polar surface area (TPSA) is 76.7 Å². The second-order valence-corrected chi connectivity index (χ2v) is 6.09. The monoisotopic (exact) mass is 374 g/mol. The van der Waals surface area contributed by atoms with Crippen LogP contribution in [0.2, 0.25) is 0 Å². The van der Waals surface area contributed by atoms with Gasteiger partial charge in [-0.25, -0.2) is 0 Å². The maximum absolute atomic E-state index is 12.1. The van der Waals surface area contributed by atoms with Crippen molar-refractivity contribution in [2.75, 3.05) is 18.5 Å². The van der Waals surface area contributed by atoms with Crippen LogP contribution in [-0.2, 0) is 25.6 Å². The molecule has 0 saturated heterocycles. The van der Waals surface area contributed by atoms with E-state index in [9.17, 15) is 9.59 Å². The van der Waals surface area contributed by atoms with Crippen molar-refractivity contribution in [2.45, 2.75) is 45.4 Å². The molecule has 0 fully saturated rings. The van der Waals surface area contributed by atoms with Crippen molar-refractivity contribution in [3.8, 4) is 0 Å². The maximum Gasteiger partial charge on any atom is 0.253 e. The standard InChI is InChI=1S/C21H30N2O4/c1-5-7-12-26-16(3)20(24)22-15-18-10-9-11-19(14-18)23-21(25)17(4)27-13-8-6-2/h5-6,9-11,14,16-17H,1-2,7-8,12-13,15H2,3-4H3,(H,22,24)(H,23,25). The number of carbonyl (C=O) groups excluding carboxylic acids is 2. The number of carbonyl (C=O) groups is 2. The Morgan fingerprint density at radius 3 is 2.22 bits per heavy atom. The summed E-state index contributed by atoms with van der Waals surface area (Å²) in [5.41, 5.74) is 1.53. The minimum absolute atomic E-state index is 0.183. The van der Waals surface area contributed by atoms with Crippen LogP contribution in [-0.4, -0.2) is 37.2 Å². The van der Waals surface area contributed by atoms with Crippen LogP contribution in [0.3, 0.4) is 0 Å². The first-order valence-corrected chi connectivity index (χ1v) is 9.10. The molecule has 0 aliphatic heterocycles. The normalized spacial score (nSPS) is 12.7. The zero-order valence-electron chi connectivity index (χ0n) is 16.2. The van der Waals surface area contributed by atoms with Gasteiger partial charge in [-0.2, -0.15) is 0 Å². The number of anilines is 1. The smallest absolute Gasteiger partial charge is 0.253 e. The predicted octanol–water partition coefficient (Wildman–Crippen LogP) is 3.20. The Hall–Kier alpha value is -2.44. The van der Waals surface area contributed by atoms with E-state index in [0.29, 0.717) is 38.3 Å². The van der Waals surface area contributed by atoms with Gasteiger partial charge in [-0.1, -0.05) is 24.3 Å². The first-order valence-electron chi connectivity index (χ1n) is 9.10. The highest BCUT2D eigenvalue weighted by Gasteiger charge is 2.14. The van der Waals surface area contributed by atoms with Crippen LogP contribution in [0, 0.1) is 0 Å². The van der Waals surface area contributed by atoms with Gasteiger partial charge in [0.05, 0.1) is 13.2 Å². The highest BCUT2D eigenvalue weighted by Crippen LogP contribution is 2.12. The van der Waals surface area contributed by atoms with E-state index in [0.717, 1.165) is 5.56 Å². The molecule has 0 aliphatic carbocycles. The van der Waals surface area contributed by atoms with Crippen LogP contribution in [0.1, 0.15) is 32.3 Å². The van der Waals surface area contributed by atoms with E-state index >= 15 is 0 Å². The molecule has 0 spiro atoms. The molecule has 6 nitrogen and oxygen atoms in total. The lowest BCUT2D eigenvalue weighted by molar-refractivity contribution is -0.131. The zero-order chi connectivity index (χ0) is 20.1.